The van der Waals surface area contributed by atoms with Crippen molar-refractivity contribution in [3.8, 4) is 0 Å². The minimum atomic E-state index is -4.18. The summed E-state index contributed by atoms with van der Waals surface area (Å²) in [6.07, 6.45) is -3.51. The minimum Gasteiger partial charge on any atom is -0.330 e. The monoisotopic (exact) mass is 281 g/mol. The molecule has 0 fully saturated rings. The predicted octanol–water partition coefficient (Wildman–Crippen LogP) is 2.42. The van der Waals surface area contributed by atoms with Gasteiger partial charge >= 0.3 is 6.18 Å². The molecule has 0 saturated heterocycles. The Morgan fingerprint density at radius 1 is 1.44 bits per heavy atom. The van der Waals surface area contributed by atoms with Crippen LogP contribution in [0.25, 0.3) is 0 Å². The van der Waals surface area contributed by atoms with Gasteiger partial charge in [0.1, 0.15) is 0 Å². The number of hydrogen-bond donors (Lipinski definition) is 1. The van der Waals surface area contributed by atoms with E-state index in [1.807, 2.05) is 0 Å². The summed E-state index contributed by atoms with van der Waals surface area (Å²) in [4.78, 5) is 5.64. The lowest BCUT2D eigenvalue weighted by molar-refractivity contribution is -0.151. The fourth-order valence-corrected chi connectivity index (χ4v) is 2.32. The first kappa shape index (κ1) is 15.4. The largest absolute Gasteiger partial charge is 0.401 e. The zero-order chi connectivity index (χ0) is 13.8. The average Bonchev–Trinajstić information content (AvgIpc) is 2.63. The topological polar surface area (TPSA) is 42.1 Å². The number of hydrogen-bond acceptors (Lipinski definition) is 4. The zero-order valence-corrected chi connectivity index (χ0v) is 11.3. The standard InChI is InChI=1S/C11H18F3N3S/c1-8(2)17(7-11(12,13)14)5-9-6-18-10(16-9)3-4-15/h6,8H,3-5,7,15H2,1-2H3. The van der Waals surface area contributed by atoms with Gasteiger partial charge in [-0.25, -0.2) is 4.98 Å². The van der Waals surface area contributed by atoms with Crippen molar-refractivity contribution in [3.05, 3.63) is 16.1 Å². The molecule has 0 aliphatic heterocycles. The zero-order valence-electron chi connectivity index (χ0n) is 10.5. The number of aromatic nitrogens is 1. The third-order valence-electron chi connectivity index (χ3n) is 2.44. The summed E-state index contributed by atoms with van der Waals surface area (Å²) < 4.78 is 37.3. The van der Waals surface area contributed by atoms with Crippen LogP contribution in [0.15, 0.2) is 5.38 Å². The molecule has 1 aromatic rings. The molecule has 0 spiro atoms. The fourth-order valence-electron chi connectivity index (χ4n) is 1.52. The smallest absolute Gasteiger partial charge is 0.330 e. The first-order valence-electron chi connectivity index (χ1n) is 5.76. The van der Waals surface area contributed by atoms with Gasteiger partial charge in [-0.2, -0.15) is 13.2 Å². The van der Waals surface area contributed by atoms with E-state index in [4.69, 9.17) is 5.73 Å². The van der Waals surface area contributed by atoms with Crippen LogP contribution in [0.3, 0.4) is 0 Å². The molecule has 0 aliphatic carbocycles. The van der Waals surface area contributed by atoms with Crippen LogP contribution in [0, 0.1) is 0 Å². The summed E-state index contributed by atoms with van der Waals surface area (Å²) in [6, 6.07) is -0.175. The fraction of sp³-hybridized carbons (Fsp3) is 0.727. The van der Waals surface area contributed by atoms with Crippen molar-refractivity contribution in [2.24, 2.45) is 5.73 Å². The third kappa shape index (κ3) is 5.32. The summed E-state index contributed by atoms with van der Waals surface area (Å²) in [7, 11) is 0. The average molecular weight is 281 g/mol. The van der Waals surface area contributed by atoms with Gasteiger partial charge in [0.25, 0.3) is 0 Å². The van der Waals surface area contributed by atoms with Gasteiger partial charge in [0.15, 0.2) is 0 Å². The molecule has 2 N–H and O–H groups in total. The molecule has 3 nitrogen and oxygen atoms in total. The molecule has 1 aromatic heterocycles. The van der Waals surface area contributed by atoms with Gasteiger partial charge in [0, 0.05) is 24.4 Å². The van der Waals surface area contributed by atoms with Gasteiger partial charge in [-0.15, -0.1) is 11.3 Å². The second kappa shape index (κ2) is 6.49. The third-order valence-corrected chi connectivity index (χ3v) is 3.39. The second-order valence-electron chi connectivity index (χ2n) is 4.39. The summed E-state index contributed by atoms with van der Waals surface area (Å²) in [5.74, 6) is 0. The molecule has 0 aromatic carbocycles. The molecule has 0 aliphatic rings. The van der Waals surface area contributed by atoms with Crippen molar-refractivity contribution < 1.29 is 13.2 Å². The Labute approximate surface area is 109 Å². The van der Waals surface area contributed by atoms with Crippen molar-refractivity contribution in [1.82, 2.24) is 9.88 Å². The maximum atomic E-state index is 12.4. The Bertz CT molecular complexity index is 363. The summed E-state index contributed by atoms with van der Waals surface area (Å²) in [5.41, 5.74) is 6.09. The van der Waals surface area contributed by atoms with E-state index in [1.165, 1.54) is 16.2 Å². The van der Waals surface area contributed by atoms with Crippen LogP contribution in [-0.2, 0) is 13.0 Å². The van der Waals surface area contributed by atoms with Crippen LogP contribution < -0.4 is 5.73 Å². The minimum absolute atomic E-state index is 0.175. The van der Waals surface area contributed by atoms with E-state index in [1.54, 1.807) is 19.2 Å². The molecule has 7 heteroatoms. The van der Waals surface area contributed by atoms with E-state index in [0.29, 0.717) is 18.7 Å². The highest BCUT2D eigenvalue weighted by Crippen LogP contribution is 2.20. The highest BCUT2D eigenvalue weighted by Gasteiger charge is 2.32. The second-order valence-corrected chi connectivity index (χ2v) is 5.33. The van der Waals surface area contributed by atoms with E-state index in [2.05, 4.69) is 4.98 Å². The van der Waals surface area contributed by atoms with Crippen LogP contribution in [0.5, 0.6) is 0 Å². The van der Waals surface area contributed by atoms with Crippen molar-refractivity contribution in [2.45, 2.75) is 39.0 Å². The van der Waals surface area contributed by atoms with Gasteiger partial charge in [-0.3, -0.25) is 4.90 Å². The Morgan fingerprint density at radius 3 is 2.61 bits per heavy atom. The van der Waals surface area contributed by atoms with Gasteiger partial charge in [0.2, 0.25) is 0 Å². The summed E-state index contributed by atoms with van der Waals surface area (Å²) in [6.45, 7) is 3.31. The maximum absolute atomic E-state index is 12.4. The van der Waals surface area contributed by atoms with Crippen LogP contribution in [0.4, 0.5) is 13.2 Å². The van der Waals surface area contributed by atoms with E-state index in [-0.39, 0.29) is 12.6 Å². The molecule has 0 unspecified atom stereocenters. The molecule has 1 heterocycles. The Hall–Kier alpha value is -0.660. The molecular weight excluding hydrogens is 263 g/mol. The van der Waals surface area contributed by atoms with Gasteiger partial charge in [0.05, 0.1) is 17.2 Å². The molecule has 0 radical (unpaired) electrons. The van der Waals surface area contributed by atoms with Crippen molar-refractivity contribution in [1.29, 1.82) is 0 Å². The van der Waals surface area contributed by atoms with Crippen LogP contribution >= 0.6 is 11.3 Å². The Morgan fingerprint density at radius 2 is 2.11 bits per heavy atom. The lowest BCUT2D eigenvalue weighted by Gasteiger charge is -2.26. The first-order chi connectivity index (χ1) is 8.31. The number of rotatable bonds is 6. The highest BCUT2D eigenvalue weighted by molar-refractivity contribution is 7.09. The normalized spacial score (nSPS) is 12.7. The van der Waals surface area contributed by atoms with Gasteiger partial charge < -0.3 is 5.73 Å². The highest BCUT2D eigenvalue weighted by atomic mass is 32.1. The molecule has 18 heavy (non-hydrogen) atoms. The number of nitrogens with zero attached hydrogens (tertiary/aromatic N) is 2. The maximum Gasteiger partial charge on any atom is 0.401 e. The molecule has 1 rings (SSSR count). The summed E-state index contributed by atoms with van der Waals surface area (Å²) >= 11 is 1.45. The van der Waals surface area contributed by atoms with E-state index >= 15 is 0 Å². The van der Waals surface area contributed by atoms with Crippen molar-refractivity contribution >= 4 is 11.3 Å². The number of nitrogens with two attached hydrogens (primary N) is 1. The molecule has 0 saturated carbocycles. The number of thiazole rings is 1. The van der Waals surface area contributed by atoms with Crippen LogP contribution in [0.2, 0.25) is 0 Å². The van der Waals surface area contributed by atoms with Crippen LogP contribution in [0.1, 0.15) is 24.5 Å². The molecular formula is C11H18F3N3S. The molecule has 0 bridgehead atoms. The van der Waals surface area contributed by atoms with E-state index < -0.39 is 12.7 Å². The van der Waals surface area contributed by atoms with Gasteiger partial charge in [-0.05, 0) is 20.4 Å². The van der Waals surface area contributed by atoms with E-state index in [0.717, 1.165) is 5.01 Å². The molecule has 104 valence electrons. The summed E-state index contributed by atoms with van der Waals surface area (Å²) in [5, 5.41) is 2.68. The van der Waals surface area contributed by atoms with Crippen molar-refractivity contribution in [3.63, 3.8) is 0 Å². The van der Waals surface area contributed by atoms with E-state index in [9.17, 15) is 13.2 Å². The molecule has 0 atom stereocenters. The number of alkyl halides is 3. The SMILES string of the molecule is CC(C)N(Cc1csc(CCN)n1)CC(F)(F)F. The predicted molar refractivity (Wildman–Crippen MR) is 66.5 cm³/mol. The molecule has 0 amide bonds. The van der Waals surface area contributed by atoms with Gasteiger partial charge in [-0.1, -0.05) is 0 Å². The first-order valence-corrected chi connectivity index (χ1v) is 6.64. The van der Waals surface area contributed by atoms with Crippen LogP contribution in [-0.4, -0.2) is 35.2 Å². The van der Waals surface area contributed by atoms with Crippen molar-refractivity contribution in [2.75, 3.05) is 13.1 Å². The lowest BCUT2D eigenvalue weighted by atomic mass is 10.3. The number of halogens is 3. The Balaban J connectivity index is 2.65. The Kier molecular flexibility index (Phi) is 5.55. The lowest BCUT2D eigenvalue weighted by Crippen LogP contribution is -2.38. The quantitative estimate of drug-likeness (QED) is 0.870.